The number of nitrogens with one attached hydrogen (secondary N) is 1. The van der Waals surface area contributed by atoms with E-state index in [2.05, 4.69) is 10.2 Å². The molecule has 0 spiro atoms. The zero-order chi connectivity index (χ0) is 24.1. The van der Waals surface area contributed by atoms with Crippen LogP contribution in [-0.4, -0.2) is 50.7 Å². The Labute approximate surface area is 198 Å². The van der Waals surface area contributed by atoms with E-state index in [0.717, 1.165) is 37.3 Å². The van der Waals surface area contributed by atoms with E-state index in [1.165, 1.54) is 0 Å². The maximum atomic E-state index is 12.9. The molecule has 0 bridgehead atoms. The summed E-state index contributed by atoms with van der Waals surface area (Å²) in [6, 6.07) is 16.4. The molecule has 2 amide bonds. The molecule has 0 saturated carbocycles. The van der Waals surface area contributed by atoms with Gasteiger partial charge in [0.15, 0.2) is 0 Å². The van der Waals surface area contributed by atoms with Crippen molar-refractivity contribution in [3.05, 3.63) is 82.0 Å². The van der Waals surface area contributed by atoms with Crippen molar-refractivity contribution in [1.29, 1.82) is 0 Å². The number of carbonyl (C=O) groups excluding carboxylic acids is 2. The lowest BCUT2D eigenvalue weighted by atomic mass is 9.96. The van der Waals surface area contributed by atoms with Gasteiger partial charge in [0.2, 0.25) is 11.8 Å². The molecular formula is C25H30N6O3. The first-order valence-corrected chi connectivity index (χ1v) is 11.6. The normalized spacial score (nSPS) is 14.7. The number of benzene rings is 2. The van der Waals surface area contributed by atoms with E-state index in [-0.39, 0.29) is 24.1 Å². The average Bonchev–Trinajstić information content (AvgIpc) is 3.15. The Hall–Kier alpha value is -3.72. The predicted molar refractivity (Wildman–Crippen MR) is 130 cm³/mol. The number of piperidine rings is 1. The van der Waals surface area contributed by atoms with E-state index in [0.29, 0.717) is 24.3 Å². The van der Waals surface area contributed by atoms with Gasteiger partial charge in [0.05, 0.1) is 13.1 Å². The molecule has 1 aliphatic rings. The van der Waals surface area contributed by atoms with Gasteiger partial charge in [0.25, 0.3) is 0 Å². The molecule has 0 radical (unpaired) electrons. The van der Waals surface area contributed by atoms with Crippen LogP contribution < -0.4 is 16.7 Å². The number of nitrogens with two attached hydrogens (primary N) is 1. The van der Waals surface area contributed by atoms with Crippen LogP contribution >= 0.6 is 0 Å². The van der Waals surface area contributed by atoms with Crippen LogP contribution in [0.3, 0.4) is 0 Å². The Bertz CT molecular complexity index is 1190. The topological polar surface area (TPSA) is 115 Å². The Morgan fingerprint density at radius 2 is 1.74 bits per heavy atom. The number of anilines is 1. The fraction of sp³-hybridized carbons (Fsp3) is 0.360. The third kappa shape index (κ3) is 5.43. The van der Waals surface area contributed by atoms with E-state index in [1.807, 2.05) is 37.3 Å². The lowest BCUT2D eigenvalue weighted by Crippen LogP contribution is -2.39. The van der Waals surface area contributed by atoms with Gasteiger partial charge < -0.3 is 11.1 Å². The molecule has 0 unspecified atom stereocenters. The SMILES string of the molecule is CCn1c(C2CCN(CC(=O)Nc3ccc(C(N)=O)cc3)CC2)nn(Cc2ccccc2)c1=O. The number of amides is 2. The van der Waals surface area contributed by atoms with E-state index in [4.69, 9.17) is 10.8 Å². The predicted octanol–water partition coefficient (Wildman–Crippen LogP) is 2.03. The second kappa shape index (κ2) is 10.5. The first-order chi connectivity index (χ1) is 16.4. The molecule has 178 valence electrons. The van der Waals surface area contributed by atoms with Crippen molar-refractivity contribution in [1.82, 2.24) is 19.2 Å². The van der Waals surface area contributed by atoms with Crippen molar-refractivity contribution >= 4 is 17.5 Å². The molecule has 0 atom stereocenters. The average molecular weight is 463 g/mol. The molecule has 2 aromatic carbocycles. The highest BCUT2D eigenvalue weighted by Crippen LogP contribution is 2.26. The summed E-state index contributed by atoms with van der Waals surface area (Å²) >= 11 is 0. The van der Waals surface area contributed by atoms with Crippen molar-refractivity contribution < 1.29 is 9.59 Å². The van der Waals surface area contributed by atoms with Gasteiger partial charge in [-0.25, -0.2) is 9.48 Å². The summed E-state index contributed by atoms with van der Waals surface area (Å²) in [6.45, 7) is 4.80. The first-order valence-electron chi connectivity index (χ1n) is 11.6. The number of nitrogens with zero attached hydrogens (tertiary/aromatic N) is 4. The largest absolute Gasteiger partial charge is 0.366 e. The van der Waals surface area contributed by atoms with E-state index in [1.54, 1.807) is 33.5 Å². The number of primary amides is 1. The Kier molecular flexibility index (Phi) is 7.22. The van der Waals surface area contributed by atoms with Crippen LogP contribution in [0, 0.1) is 0 Å². The maximum Gasteiger partial charge on any atom is 0.346 e. The molecule has 3 aromatic rings. The lowest BCUT2D eigenvalue weighted by Gasteiger charge is -2.30. The minimum absolute atomic E-state index is 0.0782. The highest BCUT2D eigenvalue weighted by atomic mass is 16.2. The smallest absolute Gasteiger partial charge is 0.346 e. The van der Waals surface area contributed by atoms with Gasteiger partial charge in [0.1, 0.15) is 5.82 Å². The zero-order valence-corrected chi connectivity index (χ0v) is 19.3. The van der Waals surface area contributed by atoms with Crippen LogP contribution in [0.5, 0.6) is 0 Å². The van der Waals surface area contributed by atoms with Crippen LogP contribution in [0.25, 0.3) is 0 Å². The zero-order valence-electron chi connectivity index (χ0n) is 19.3. The van der Waals surface area contributed by atoms with Crippen molar-refractivity contribution in [2.45, 2.75) is 38.8 Å². The number of hydrogen-bond donors (Lipinski definition) is 2. The van der Waals surface area contributed by atoms with Crippen LogP contribution in [0.4, 0.5) is 5.69 Å². The summed E-state index contributed by atoms with van der Waals surface area (Å²) in [5.74, 6) is 0.412. The lowest BCUT2D eigenvalue weighted by molar-refractivity contribution is -0.117. The molecule has 1 aliphatic heterocycles. The first kappa shape index (κ1) is 23.4. The molecular weight excluding hydrogens is 432 g/mol. The fourth-order valence-electron chi connectivity index (χ4n) is 4.39. The van der Waals surface area contributed by atoms with E-state index >= 15 is 0 Å². The Morgan fingerprint density at radius 3 is 2.35 bits per heavy atom. The number of hydrogen-bond acceptors (Lipinski definition) is 5. The minimum Gasteiger partial charge on any atom is -0.366 e. The van der Waals surface area contributed by atoms with Crippen LogP contribution in [-0.2, 0) is 17.9 Å². The molecule has 0 aliphatic carbocycles. The summed E-state index contributed by atoms with van der Waals surface area (Å²) in [6.07, 6.45) is 1.67. The molecule has 1 saturated heterocycles. The maximum absolute atomic E-state index is 12.9. The molecule has 9 heteroatoms. The molecule has 2 heterocycles. The molecule has 1 fully saturated rings. The number of rotatable bonds is 8. The van der Waals surface area contributed by atoms with Gasteiger partial charge in [-0.2, -0.15) is 5.10 Å². The Morgan fingerprint density at radius 1 is 1.06 bits per heavy atom. The third-order valence-corrected chi connectivity index (χ3v) is 6.22. The summed E-state index contributed by atoms with van der Waals surface area (Å²) in [4.78, 5) is 38.6. The highest BCUT2D eigenvalue weighted by Gasteiger charge is 2.27. The molecule has 9 nitrogen and oxygen atoms in total. The summed E-state index contributed by atoms with van der Waals surface area (Å²) in [7, 11) is 0. The van der Waals surface area contributed by atoms with Crippen molar-refractivity contribution in [2.24, 2.45) is 5.73 Å². The van der Waals surface area contributed by atoms with Crippen molar-refractivity contribution in [3.8, 4) is 0 Å². The van der Waals surface area contributed by atoms with Gasteiger partial charge >= 0.3 is 5.69 Å². The van der Waals surface area contributed by atoms with Gasteiger partial charge in [-0.3, -0.25) is 19.1 Å². The highest BCUT2D eigenvalue weighted by molar-refractivity contribution is 5.95. The quantitative estimate of drug-likeness (QED) is 0.532. The second-order valence-corrected chi connectivity index (χ2v) is 8.57. The number of aromatic nitrogens is 3. The molecule has 1 aromatic heterocycles. The Balaban J connectivity index is 1.34. The van der Waals surface area contributed by atoms with E-state index < -0.39 is 5.91 Å². The monoisotopic (exact) mass is 462 g/mol. The standard InChI is InChI=1S/C25H30N6O3/c1-2-30-24(28-31(25(30)34)16-18-6-4-3-5-7-18)20-12-14-29(15-13-20)17-22(32)27-21-10-8-19(9-11-21)23(26)33/h3-11,20H,2,12-17H2,1H3,(H2,26,33)(H,27,32). The minimum atomic E-state index is -0.501. The third-order valence-electron chi connectivity index (χ3n) is 6.22. The second-order valence-electron chi connectivity index (χ2n) is 8.57. The van der Waals surface area contributed by atoms with Gasteiger partial charge in [0, 0.05) is 23.7 Å². The van der Waals surface area contributed by atoms with Crippen LogP contribution in [0.15, 0.2) is 59.4 Å². The number of likely N-dealkylation sites (tertiary alicyclic amines) is 1. The van der Waals surface area contributed by atoms with Gasteiger partial charge in [-0.1, -0.05) is 30.3 Å². The summed E-state index contributed by atoms with van der Waals surface area (Å²) in [5, 5.41) is 7.55. The summed E-state index contributed by atoms with van der Waals surface area (Å²) < 4.78 is 3.32. The molecule has 4 rings (SSSR count). The van der Waals surface area contributed by atoms with Crippen molar-refractivity contribution in [2.75, 3.05) is 25.0 Å². The number of carbonyl (C=O) groups is 2. The molecule has 34 heavy (non-hydrogen) atoms. The fourth-order valence-corrected chi connectivity index (χ4v) is 4.39. The van der Waals surface area contributed by atoms with Crippen LogP contribution in [0.1, 0.15) is 47.4 Å². The molecule has 3 N–H and O–H groups in total. The van der Waals surface area contributed by atoms with E-state index in [9.17, 15) is 14.4 Å². The van der Waals surface area contributed by atoms with Crippen LogP contribution in [0.2, 0.25) is 0 Å². The van der Waals surface area contributed by atoms with Gasteiger partial charge in [-0.05, 0) is 62.7 Å². The summed E-state index contributed by atoms with van der Waals surface area (Å²) in [5.41, 5.74) is 7.24. The van der Waals surface area contributed by atoms with Gasteiger partial charge in [-0.15, -0.1) is 0 Å². The van der Waals surface area contributed by atoms with Crippen molar-refractivity contribution in [3.63, 3.8) is 0 Å².